The van der Waals surface area contributed by atoms with Gasteiger partial charge in [0.2, 0.25) is 10.0 Å². The van der Waals surface area contributed by atoms with E-state index < -0.39 is 10.0 Å². The summed E-state index contributed by atoms with van der Waals surface area (Å²) >= 11 is 6.01. The quantitative estimate of drug-likeness (QED) is 0.835. The fourth-order valence-electron chi connectivity index (χ4n) is 3.01. The zero-order chi connectivity index (χ0) is 16.6. The third kappa shape index (κ3) is 3.32. The number of sulfonamides is 1. The maximum Gasteiger partial charge on any atom is 0.211 e. The third-order valence-electron chi connectivity index (χ3n) is 4.24. The van der Waals surface area contributed by atoms with E-state index in [9.17, 15) is 13.7 Å². The van der Waals surface area contributed by atoms with Gasteiger partial charge < -0.3 is 0 Å². The Morgan fingerprint density at radius 1 is 1.30 bits per heavy atom. The Balaban J connectivity index is 1.90. The van der Waals surface area contributed by atoms with Gasteiger partial charge in [0.05, 0.1) is 17.3 Å². The predicted molar refractivity (Wildman–Crippen MR) is 89.9 cm³/mol. The fourth-order valence-corrected chi connectivity index (χ4v) is 4.11. The van der Waals surface area contributed by atoms with Crippen LogP contribution in [0.5, 0.6) is 0 Å². The lowest BCUT2D eigenvalue weighted by Crippen LogP contribution is -2.37. The van der Waals surface area contributed by atoms with Gasteiger partial charge in [0, 0.05) is 35.1 Å². The van der Waals surface area contributed by atoms with Crippen molar-refractivity contribution in [2.45, 2.75) is 18.8 Å². The molecule has 0 saturated carbocycles. The summed E-state index contributed by atoms with van der Waals surface area (Å²) in [6.07, 6.45) is 2.71. The van der Waals surface area contributed by atoms with Crippen LogP contribution in [0.15, 0.2) is 24.3 Å². The zero-order valence-corrected chi connectivity index (χ0v) is 14.2. The number of pyridine rings is 1. The summed E-state index contributed by atoms with van der Waals surface area (Å²) in [7, 11) is -3.13. The van der Waals surface area contributed by atoms with Gasteiger partial charge in [-0.1, -0.05) is 17.7 Å². The first-order chi connectivity index (χ1) is 10.9. The minimum Gasteiger partial charge on any atom is -0.251 e. The van der Waals surface area contributed by atoms with Gasteiger partial charge in [0.15, 0.2) is 0 Å². The molecule has 0 bridgehead atoms. The Labute approximate surface area is 140 Å². The lowest BCUT2D eigenvalue weighted by Gasteiger charge is -2.30. The number of halogens is 1. The molecule has 0 spiro atoms. The summed E-state index contributed by atoms with van der Waals surface area (Å²) in [4.78, 5) is 4.65. The molecule has 3 rings (SSSR count). The van der Waals surface area contributed by atoms with Crippen molar-refractivity contribution in [3.8, 4) is 6.07 Å². The summed E-state index contributed by atoms with van der Waals surface area (Å²) in [5, 5.41) is 10.6. The van der Waals surface area contributed by atoms with Gasteiger partial charge in [-0.2, -0.15) is 5.26 Å². The first kappa shape index (κ1) is 16.2. The van der Waals surface area contributed by atoms with Crippen LogP contribution in [0.4, 0.5) is 0 Å². The van der Waals surface area contributed by atoms with Crippen molar-refractivity contribution in [2.75, 3.05) is 19.3 Å². The maximum atomic E-state index is 11.6. The molecule has 0 aliphatic carbocycles. The van der Waals surface area contributed by atoms with Crippen molar-refractivity contribution in [1.82, 2.24) is 9.29 Å². The lowest BCUT2D eigenvalue weighted by atomic mass is 9.93. The van der Waals surface area contributed by atoms with E-state index in [-0.39, 0.29) is 5.92 Å². The van der Waals surface area contributed by atoms with Gasteiger partial charge in [-0.25, -0.2) is 12.7 Å². The lowest BCUT2D eigenvalue weighted by molar-refractivity contribution is 0.319. The molecule has 1 aromatic heterocycles. The Hall–Kier alpha value is -1.68. The Bertz CT molecular complexity index is 897. The molecule has 0 N–H and O–H groups in total. The van der Waals surface area contributed by atoms with Crippen molar-refractivity contribution in [3.05, 3.63) is 40.5 Å². The standard InChI is InChI=1S/C16H16ClN3O2S/c1-23(21,22)20-6-4-11(5-7-20)15-3-2-12-8-14(17)9-13(10-18)16(12)19-15/h2-3,8-9,11H,4-7H2,1H3. The van der Waals surface area contributed by atoms with Crippen molar-refractivity contribution in [2.24, 2.45) is 0 Å². The van der Waals surface area contributed by atoms with E-state index in [2.05, 4.69) is 11.1 Å². The van der Waals surface area contributed by atoms with E-state index >= 15 is 0 Å². The van der Waals surface area contributed by atoms with Crippen molar-refractivity contribution in [1.29, 1.82) is 5.26 Å². The Kier molecular flexibility index (Phi) is 4.28. The third-order valence-corrected chi connectivity index (χ3v) is 5.76. The average Bonchev–Trinajstić information content (AvgIpc) is 2.53. The molecule has 1 aliphatic rings. The van der Waals surface area contributed by atoms with Crippen LogP contribution in [0, 0.1) is 11.3 Å². The molecule has 120 valence electrons. The second kappa shape index (κ2) is 6.08. The average molecular weight is 350 g/mol. The number of benzene rings is 1. The minimum atomic E-state index is -3.13. The molecule has 1 aliphatic heterocycles. The fraction of sp³-hybridized carbons (Fsp3) is 0.375. The van der Waals surface area contributed by atoms with Crippen LogP contribution in [0.2, 0.25) is 5.02 Å². The largest absolute Gasteiger partial charge is 0.251 e. The van der Waals surface area contributed by atoms with Gasteiger partial charge >= 0.3 is 0 Å². The second-order valence-corrected chi connectivity index (χ2v) is 8.23. The first-order valence-corrected chi connectivity index (χ1v) is 9.56. The molecule has 1 aromatic carbocycles. The summed E-state index contributed by atoms with van der Waals surface area (Å²) < 4.78 is 24.7. The maximum absolute atomic E-state index is 11.6. The molecular weight excluding hydrogens is 334 g/mol. The molecule has 1 fully saturated rings. The predicted octanol–water partition coefficient (Wildman–Crippen LogP) is 2.90. The number of aromatic nitrogens is 1. The molecule has 23 heavy (non-hydrogen) atoms. The molecule has 0 unspecified atom stereocenters. The van der Waals surface area contributed by atoms with E-state index in [0.717, 1.165) is 23.9 Å². The molecule has 2 heterocycles. The summed E-state index contributed by atoms with van der Waals surface area (Å²) in [5.41, 5.74) is 2.02. The summed E-state index contributed by atoms with van der Waals surface area (Å²) in [6.45, 7) is 1.02. The number of piperidine rings is 1. The molecule has 0 radical (unpaired) electrons. The SMILES string of the molecule is CS(=O)(=O)N1CCC(c2ccc3cc(Cl)cc(C#N)c3n2)CC1. The summed E-state index contributed by atoms with van der Waals surface area (Å²) in [5.74, 6) is 0.208. The van der Waals surface area contributed by atoms with E-state index in [0.29, 0.717) is 29.2 Å². The van der Waals surface area contributed by atoms with Crippen molar-refractivity contribution < 1.29 is 8.42 Å². The second-order valence-electron chi connectivity index (χ2n) is 5.81. The minimum absolute atomic E-state index is 0.208. The van der Waals surface area contributed by atoms with E-state index in [1.54, 1.807) is 12.1 Å². The highest BCUT2D eigenvalue weighted by Crippen LogP contribution is 2.30. The van der Waals surface area contributed by atoms with Crippen LogP contribution < -0.4 is 0 Å². The van der Waals surface area contributed by atoms with Gasteiger partial charge in [0.1, 0.15) is 6.07 Å². The highest BCUT2D eigenvalue weighted by Gasteiger charge is 2.26. The van der Waals surface area contributed by atoms with E-state index in [1.165, 1.54) is 10.6 Å². The molecule has 0 atom stereocenters. The number of nitrogens with zero attached hydrogens (tertiary/aromatic N) is 3. The van der Waals surface area contributed by atoms with Crippen molar-refractivity contribution >= 4 is 32.5 Å². The van der Waals surface area contributed by atoms with Crippen LogP contribution >= 0.6 is 11.6 Å². The van der Waals surface area contributed by atoms with Gasteiger partial charge in [-0.05, 0) is 31.0 Å². The highest BCUT2D eigenvalue weighted by atomic mass is 35.5. The molecule has 1 saturated heterocycles. The number of nitriles is 1. The van der Waals surface area contributed by atoms with Gasteiger partial charge in [0.25, 0.3) is 0 Å². The monoisotopic (exact) mass is 349 g/mol. The number of fused-ring (bicyclic) bond motifs is 1. The molecule has 2 aromatic rings. The normalized spacial score (nSPS) is 17.3. The molecular formula is C16H16ClN3O2S. The van der Waals surface area contributed by atoms with Crippen LogP contribution in [-0.2, 0) is 10.0 Å². The zero-order valence-electron chi connectivity index (χ0n) is 12.7. The van der Waals surface area contributed by atoms with Gasteiger partial charge in [-0.3, -0.25) is 4.98 Å². The first-order valence-electron chi connectivity index (χ1n) is 7.34. The van der Waals surface area contributed by atoms with E-state index in [4.69, 9.17) is 11.6 Å². The summed E-state index contributed by atoms with van der Waals surface area (Å²) in [6, 6.07) is 9.41. The molecule has 0 amide bonds. The van der Waals surface area contributed by atoms with Crippen LogP contribution in [0.25, 0.3) is 10.9 Å². The van der Waals surface area contributed by atoms with Crippen molar-refractivity contribution in [3.63, 3.8) is 0 Å². The van der Waals surface area contributed by atoms with Gasteiger partial charge in [-0.15, -0.1) is 0 Å². The van der Waals surface area contributed by atoms with Crippen LogP contribution in [0.3, 0.4) is 0 Å². The van der Waals surface area contributed by atoms with Crippen LogP contribution in [0.1, 0.15) is 30.0 Å². The van der Waals surface area contributed by atoms with Crippen LogP contribution in [-0.4, -0.2) is 37.1 Å². The topological polar surface area (TPSA) is 74.1 Å². The number of hydrogen-bond donors (Lipinski definition) is 0. The number of hydrogen-bond acceptors (Lipinski definition) is 4. The number of rotatable bonds is 2. The Morgan fingerprint density at radius 2 is 2.00 bits per heavy atom. The molecule has 5 nitrogen and oxygen atoms in total. The molecule has 7 heteroatoms. The smallest absolute Gasteiger partial charge is 0.211 e. The highest BCUT2D eigenvalue weighted by molar-refractivity contribution is 7.88. The van der Waals surface area contributed by atoms with E-state index in [1.807, 2.05) is 12.1 Å². The Morgan fingerprint density at radius 3 is 2.61 bits per heavy atom.